The van der Waals surface area contributed by atoms with Crippen molar-refractivity contribution in [2.75, 3.05) is 26.2 Å². The van der Waals surface area contributed by atoms with Gasteiger partial charge in [0.25, 0.3) is 0 Å². The van der Waals surface area contributed by atoms with E-state index in [1.165, 1.54) is 6.42 Å². The Morgan fingerprint density at radius 1 is 1.36 bits per heavy atom. The molecule has 0 bridgehead atoms. The Bertz CT molecular complexity index is 512. The standard InChI is InChI=1S/C17H24N2O3/c20-17(12-3-4-12)18-8-16-15-10-19(6-5-13(15)11-22-16)9-14-2-1-7-21-14/h1-2,7,12-13,15-16H,3-6,8-11H2,(H,18,20)/t13-,15-,16+/m1/s1. The summed E-state index contributed by atoms with van der Waals surface area (Å²) >= 11 is 0. The normalized spacial score (nSPS) is 31.9. The first-order chi connectivity index (χ1) is 10.8. The van der Waals surface area contributed by atoms with Gasteiger partial charge in [-0.15, -0.1) is 0 Å². The molecular weight excluding hydrogens is 280 g/mol. The van der Waals surface area contributed by atoms with Gasteiger partial charge in [-0.2, -0.15) is 0 Å². The summed E-state index contributed by atoms with van der Waals surface area (Å²) in [5.41, 5.74) is 0. The number of hydrogen-bond acceptors (Lipinski definition) is 4. The van der Waals surface area contributed by atoms with Gasteiger partial charge in [-0.1, -0.05) is 0 Å². The van der Waals surface area contributed by atoms with Gasteiger partial charge in [0.2, 0.25) is 5.91 Å². The van der Waals surface area contributed by atoms with E-state index in [4.69, 9.17) is 9.15 Å². The van der Waals surface area contributed by atoms with Crippen LogP contribution in [0.2, 0.25) is 0 Å². The van der Waals surface area contributed by atoms with Crippen LogP contribution < -0.4 is 5.32 Å². The van der Waals surface area contributed by atoms with Crippen molar-refractivity contribution in [1.29, 1.82) is 0 Å². The molecule has 1 saturated carbocycles. The van der Waals surface area contributed by atoms with Crippen LogP contribution in [0.3, 0.4) is 0 Å². The van der Waals surface area contributed by atoms with Crippen LogP contribution in [-0.2, 0) is 16.1 Å². The SMILES string of the molecule is O=C(NC[C@@H]1OC[C@H]2CCN(Cc3ccco3)C[C@H]21)C1CC1. The summed E-state index contributed by atoms with van der Waals surface area (Å²) < 4.78 is 11.4. The lowest BCUT2D eigenvalue weighted by Crippen LogP contribution is -2.45. The number of nitrogens with one attached hydrogen (secondary N) is 1. The maximum Gasteiger partial charge on any atom is 0.223 e. The molecule has 120 valence electrons. The summed E-state index contributed by atoms with van der Waals surface area (Å²) in [6.07, 6.45) is 5.20. The van der Waals surface area contributed by atoms with Crippen molar-refractivity contribution >= 4 is 5.91 Å². The maximum atomic E-state index is 11.8. The van der Waals surface area contributed by atoms with E-state index < -0.39 is 0 Å². The summed E-state index contributed by atoms with van der Waals surface area (Å²) in [5.74, 6) is 2.70. The molecule has 4 rings (SSSR count). The number of likely N-dealkylation sites (tertiary alicyclic amines) is 1. The summed E-state index contributed by atoms with van der Waals surface area (Å²) in [5, 5.41) is 3.08. The van der Waals surface area contributed by atoms with Crippen LogP contribution in [0.5, 0.6) is 0 Å². The van der Waals surface area contributed by atoms with E-state index in [9.17, 15) is 4.79 Å². The van der Waals surface area contributed by atoms with Gasteiger partial charge in [0, 0.05) is 24.9 Å². The average Bonchev–Trinajstić information content (AvgIpc) is 3.12. The molecular formula is C17H24N2O3. The Morgan fingerprint density at radius 2 is 2.27 bits per heavy atom. The number of carbonyl (C=O) groups excluding carboxylic acids is 1. The number of furan rings is 1. The lowest BCUT2D eigenvalue weighted by atomic mass is 9.84. The second-order valence-electron chi connectivity index (χ2n) is 6.92. The Kier molecular flexibility index (Phi) is 3.92. The Morgan fingerprint density at radius 3 is 3.05 bits per heavy atom. The average molecular weight is 304 g/mol. The first-order valence-corrected chi connectivity index (χ1v) is 8.43. The minimum absolute atomic E-state index is 0.173. The smallest absolute Gasteiger partial charge is 0.223 e. The molecule has 1 amide bonds. The molecule has 1 aromatic rings. The monoisotopic (exact) mass is 304 g/mol. The molecule has 1 aromatic heterocycles. The first kappa shape index (κ1) is 14.3. The van der Waals surface area contributed by atoms with Gasteiger partial charge in [0.1, 0.15) is 5.76 Å². The quantitative estimate of drug-likeness (QED) is 0.898. The summed E-state index contributed by atoms with van der Waals surface area (Å²) in [4.78, 5) is 14.3. The largest absolute Gasteiger partial charge is 0.468 e. The van der Waals surface area contributed by atoms with Crippen LogP contribution in [0, 0.1) is 17.8 Å². The Balaban J connectivity index is 1.31. The van der Waals surface area contributed by atoms with Gasteiger partial charge in [-0.05, 0) is 43.9 Å². The Hall–Kier alpha value is -1.33. The third-order valence-electron chi connectivity index (χ3n) is 5.28. The molecule has 5 heteroatoms. The Labute approximate surface area is 131 Å². The van der Waals surface area contributed by atoms with Gasteiger partial charge in [-0.3, -0.25) is 9.69 Å². The lowest BCUT2D eigenvalue weighted by molar-refractivity contribution is -0.122. The van der Waals surface area contributed by atoms with Gasteiger partial charge >= 0.3 is 0 Å². The molecule has 1 N–H and O–H groups in total. The highest BCUT2D eigenvalue weighted by atomic mass is 16.5. The molecule has 1 aliphatic carbocycles. The van der Waals surface area contributed by atoms with Crippen molar-refractivity contribution in [2.45, 2.75) is 31.9 Å². The first-order valence-electron chi connectivity index (χ1n) is 8.43. The third kappa shape index (κ3) is 3.06. The highest BCUT2D eigenvalue weighted by molar-refractivity contribution is 5.80. The molecule has 0 spiro atoms. The van der Waals surface area contributed by atoms with E-state index in [1.807, 2.05) is 12.1 Å². The zero-order valence-electron chi connectivity index (χ0n) is 12.9. The van der Waals surface area contributed by atoms with Crippen molar-refractivity contribution in [2.24, 2.45) is 17.8 Å². The van der Waals surface area contributed by atoms with Crippen molar-refractivity contribution in [3.05, 3.63) is 24.2 Å². The number of hydrogen-bond donors (Lipinski definition) is 1. The van der Waals surface area contributed by atoms with E-state index in [2.05, 4.69) is 10.2 Å². The second kappa shape index (κ2) is 6.05. The number of fused-ring (bicyclic) bond motifs is 1. The molecule has 0 unspecified atom stereocenters. The number of rotatable bonds is 5. The van der Waals surface area contributed by atoms with Gasteiger partial charge in [0.15, 0.2) is 0 Å². The highest BCUT2D eigenvalue weighted by Crippen LogP contribution is 2.35. The van der Waals surface area contributed by atoms with E-state index in [-0.39, 0.29) is 17.9 Å². The summed E-state index contributed by atoms with van der Waals surface area (Å²) in [6, 6.07) is 3.97. The van der Waals surface area contributed by atoms with E-state index in [1.54, 1.807) is 6.26 Å². The molecule has 2 aliphatic heterocycles. The molecule has 3 aliphatic rings. The van der Waals surface area contributed by atoms with Gasteiger partial charge in [-0.25, -0.2) is 0 Å². The number of amides is 1. The molecule has 3 heterocycles. The molecule has 0 radical (unpaired) electrons. The fraction of sp³-hybridized carbons (Fsp3) is 0.706. The molecule has 0 aromatic carbocycles. The third-order valence-corrected chi connectivity index (χ3v) is 5.28. The van der Waals surface area contributed by atoms with Crippen LogP contribution in [-0.4, -0.2) is 43.2 Å². The van der Waals surface area contributed by atoms with E-state index in [0.717, 1.165) is 44.8 Å². The fourth-order valence-electron chi connectivity index (χ4n) is 3.77. The zero-order chi connectivity index (χ0) is 14.9. The van der Waals surface area contributed by atoms with E-state index in [0.29, 0.717) is 18.4 Å². The number of carbonyl (C=O) groups is 1. The summed E-state index contributed by atoms with van der Waals surface area (Å²) in [6.45, 7) is 4.54. The molecule has 3 fully saturated rings. The molecule has 2 saturated heterocycles. The summed E-state index contributed by atoms with van der Waals surface area (Å²) in [7, 11) is 0. The minimum atomic E-state index is 0.173. The molecule has 22 heavy (non-hydrogen) atoms. The van der Waals surface area contributed by atoms with Crippen LogP contribution in [0.25, 0.3) is 0 Å². The molecule has 5 nitrogen and oxygen atoms in total. The van der Waals surface area contributed by atoms with Crippen molar-refractivity contribution in [3.8, 4) is 0 Å². The minimum Gasteiger partial charge on any atom is -0.468 e. The number of piperidine rings is 1. The lowest BCUT2D eigenvalue weighted by Gasteiger charge is -2.35. The van der Waals surface area contributed by atoms with Gasteiger partial charge in [0.05, 0.1) is 25.5 Å². The van der Waals surface area contributed by atoms with Crippen LogP contribution in [0.4, 0.5) is 0 Å². The number of nitrogens with zero attached hydrogens (tertiary/aromatic N) is 1. The zero-order valence-corrected chi connectivity index (χ0v) is 12.9. The van der Waals surface area contributed by atoms with Crippen molar-refractivity contribution in [1.82, 2.24) is 10.2 Å². The molecule has 3 atom stereocenters. The van der Waals surface area contributed by atoms with Crippen molar-refractivity contribution < 1.29 is 13.9 Å². The number of ether oxygens (including phenoxy) is 1. The topological polar surface area (TPSA) is 54.7 Å². The van der Waals surface area contributed by atoms with Crippen molar-refractivity contribution in [3.63, 3.8) is 0 Å². The maximum absolute atomic E-state index is 11.8. The highest BCUT2D eigenvalue weighted by Gasteiger charge is 2.41. The second-order valence-corrected chi connectivity index (χ2v) is 6.92. The predicted octanol–water partition coefficient (Wildman–Crippen LogP) is 1.64. The van der Waals surface area contributed by atoms with Crippen LogP contribution >= 0.6 is 0 Å². The van der Waals surface area contributed by atoms with Gasteiger partial charge < -0.3 is 14.5 Å². The predicted molar refractivity (Wildman–Crippen MR) is 81.1 cm³/mol. The van der Waals surface area contributed by atoms with Crippen LogP contribution in [0.15, 0.2) is 22.8 Å². The van der Waals surface area contributed by atoms with Crippen LogP contribution in [0.1, 0.15) is 25.0 Å². The van der Waals surface area contributed by atoms with E-state index >= 15 is 0 Å². The fourth-order valence-corrected chi connectivity index (χ4v) is 3.77.